The van der Waals surface area contributed by atoms with Gasteiger partial charge in [-0.25, -0.2) is 4.98 Å². The van der Waals surface area contributed by atoms with Gasteiger partial charge in [-0.2, -0.15) is 0 Å². The Morgan fingerprint density at radius 2 is 1.73 bits per heavy atom. The minimum absolute atomic E-state index is 0.554. The predicted molar refractivity (Wildman–Crippen MR) is 107 cm³/mol. The van der Waals surface area contributed by atoms with Crippen LogP contribution < -0.4 is 0 Å². The fraction of sp³-hybridized carbons (Fsp3) is 0.208. The molecule has 0 spiro atoms. The number of aryl methyl sites for hydroxylation is 1. The Hall–Kier alpha value is -2.87. The van der Waals surface area contributed by atoms with Crippen LogP contribution in [0.4, 0.5) is 0 Å². The van der Waals surface area contributed by atoms with Crippen molar-refractivity contribution in [3.63, 3.8) is 0 Å². The first-order chi connectivity index (χ1) is 12.7. The normalized spacial score (nSPS) is 18.8. The molecule has 2 heteroatoms. The van der Waals surface area contributed by atoms with Crippen LogP contribution in [0.25, 0.3) is 17.0 Å². The second kappa shape index (κ2) is 5.84. The molecule has 1 saturated carbocycles. The lowest BCUT2D eigenvalue weighted by atomic mass is 9.90. The minimum Gasteiger partial charge on any atom is -0.296 e. The second-order valence-corrected chi connectivity index (χ2v) is 7.53. The summed E-state index contributed by atoms with van der Waals surface area (Å²) in [6.45, 7) is 6.41. The molecular formula is C24H22N2. The van der Waals surface area contributed by atoms with Crippen LogP contribution in [0.15, 0.2) is 78.5 Å². The highest BCUT2D eigenvalue weighted by atomic mass is 15.1. The molecule has 26 heavy (non-hydrogen) atoms. The van der Waals surface area contributed by atoms with Crippen molar-refractivity contribution in [1.82, 2.24) is 9.55 Å². The van der Waals surface area contributed by atoms with Gasteiger partial charge in [0.15, 0.2) is 0 Å². The van der Waals surface area contributed by atoms with Crippen molar-refractivity contribution in [2.45, 2.75) is 26.2 Å². The van der Waals surface area contributed by atoms with E-state index in [0.29, 0.717) is 5.92 Å². The smallest absolute Gasteiger partial charge is 0.114 e. The zero-order valence-corrected chi connectivity index (χ0v) is 15.1. The molecule has 128 valence electrons. The Bertz CT molecular complexity index is 1020. The van der Waals surface area contributed by atoms with Gasteiger partial charge in [0.1, 0.15) is 5.82 Å². The van der Waals surface area contributed by atoms with E-state index < -0.39 is 0 Å². The largest absolute Gasteiger partial charge is 0.296 e. The van der Waals surface area contributed by atoms with E-state index in [1.54, 1.807) is 0 Å². The molecule has 1 fully saturated rings. The summed E-state index contributed by atoms with van der Waals surface area (Å²) in [5, 5.41) is 0. The molecule has 1 aromatic heterocycles. The van der Waals surface area contributed by atoms with Gasteiger partial charge in [-0.15, -0.1) is 0 Å². The first-order valence-electron chi connectivity index (χ1n) is 9.30. The molecule has 2 aliphatic rings. The van der Waals surface area contributed by atoms with E-state index >= 15 is 0 Å². The molecule has 1 aliphatic heterocycles. The lowest BCUT2D eigenvalue weighted by Crippen LogP contribution is -2.19. The topological polar surface area (TPSA) is 17.8 Å². The number of nitrogens with zero attached hydrogens (tertiary/aromatic N) is 2. The molecule has 0 N–H and O–H groups in total. The van der Waals surface area contributed by atoms with Crippen molar-refractivity contribution < 1.29 is 0 Å². The molecule has 2 nitrogen and oxygen atoms in total. The number of allylic oxidation sites excluding steroid dienone is 2. The maximum atomic E-state index is 4.82. The molecule has 2 heterocycles. The highest BCUT2D eigenvalue weighted by molar-refractivity contribution is 5.78. The minimum atomic E-state index is 0.554. The van der Waals surface area contributed by atoms with E-state index in [0.717, 1.165) is 19.3 Å². The number of imidazole rings is 1. The van der Waals surface area contributed by atoms with Crippen LogP contribution in [0.5, 0.6) is 0 Å². The number of hydrogen-bond donors (Lipinski definition) is 0. The van der Waals surface area contributed by atoms with Crippen LogP contribution in [0.1, 0.15) is 29.8 Å². The van der Waals surface area contributed by atoms with Crippen molar-refractivity contribution in [2.24, 2.45) is 5.92 Å². The second-order valence-electron chi connectivity index (χ2n) is 7.53. The summed E-state index contributed by atoms with van der Waals surface area (Å²) in [6.07, 6.45) is 5.16. The summed E-state index contributed by atoms with van der Waals surface area (Å²) in [7, 11) is 0. The average molecular weight is 338 g/mol. The zero-order valence-electron chi connectivity index (χ0n) is 15.1. The molecule has 0 bridgehead atoms. The van der Waals surface area contributed by atoms with Gasteiger partial charge in [0.05, 0.1) is 17.6 Å². The number of fused-ring (bicyclic) bond motifs is 2. The fourth-order valence-corrected chi connectivity index (χ4v) is 4.42. The van der Waals surface area contributed by atoms with Crippen molar-refractivity contribution >= 4 is 5.70 Å². The van der Waals surface area contributed by atoms with Gasteiger partial charge in [-0.3, -0.25) is 4.57 Å². The SMILES string of the molecule is C=C1CC2=C(c3ccccc3)n3c(-c4ccc(C)cc4)cnc3CC2C1. The van der Waals surface area contributed by atoms with Gasteiger partial charge in [0, 0.05) is 12.0 Å². The Kier molecular flexibility index (Phi) is 3.46. The maximum Gasteiger partial charge on any atom is 0.114 e. The standard InChI is InChI=1S/C24H22N2/c1-16-8-10-18(11-9-16)22-15-25-23-14-20-12-17(2)13-21(20)24(26(22)23)19-6-4-3-5-7-19/h3-11,15,20H,2,12-14H2,1H3. The van der Waals surface area contributed by atoms with Crippen LogP contribution >= 0.6 is 0 Å². The molecule has 1 unspecified atom stereocenters. The lowest BCUT2D eigenvalue weighted by molar-refractivity contribution is 0.600. The first kappa shape index (κ1) is 15.4. The lowest BCUT2D eigenvalue weighted by Gasteiger charge is -2.27. The Morgan fingerprint density at radius 3 is 2.50 bits per heavy atom. The fourth-order valence-electron chi connectivity index (χ4n) is 4.42. The average Bonchev–Trinajstić information content (AvgIpc) is 3.23. The Morgan fingerprint density at radius 1 is 0.962 bits per heavy atom. The summed E-state index contributed by atoms with van der Waals surface area (Å²) in [6, 6.07) is 19.5. The summed E-state index contributed by atoms with van der Waals surface area (Å²) >= 11 is 0. The first-order valence-corrected chi connectivity index (χ1v) is 9.30. The van der Waals surface area contributed by atoms with Gasteiger partial charge in [-0.1, -0.05) is 72.3 Å². The number of hydrogen-bond acceptors (Lipinski definition) is 1. The van der Waals surface area contributed by atoms with Crippen LogP contribution in [0.3, 0.4) is 0 Å². The highest BCUT2D eigenvalue weighted by Crippen LogP contribution is 2.46. The molecule has 0 radical (unpaired) electrons. The van der Waals surface area contributed by atoms with E-state index in [-0.39, 0.29) is 0 Å². The highest BCUT2D eigenvalue weighted by Gasteiger charge is 2.34. The third kappa shape index (κ3) is 2.37. The summed E-state index contributed by atoms with van der Waals surface area (Å²) in [5.74, 6) is 1.72. The zero-order chi connectivity index (χ0) is 17.7. The molecule has 1 aliphatic carbocycles. The summed E-state index contributed by atoms with van der Waals surface area (Å²) in [5.41, 5.74) is 9.15. The van der Waals surface area contributed by atoms with Gasteiger partial charge < -0.3 is 0 Å². The molecule has 0 amide bonds. The van der Waals surface area contributed by atoms with E-state index in [2.05, 4.69) is 72.7 Å². The van der Waals surface area contributed by atoms with Gasteiger partial charge in [0.2, 0.25) is 0 Å². The quantitative estimate of drug-likeness (QED) is 0.553. The maximum absolute atomic E-state index is 4.82. The third-order valence-corrected chi connectivity index (χ3v) is 5.65. The molecule has 3 aromatic rings. The van der Waals surface area contributed by atoms with Crippen LogP contribution in [0, 0.1) is 12.8 Å². The van der Waals surface area contributed by atoms with E-state index in [1.807, 2.05) is 6.20 Å². The Labute approximate surface area is 154 Å². The van der Waals surface area contributed by atoms with E-state index in [1.165, 1.54) is 45.1 Å². The molecule has 1 atom stereocenters. The molecule has 2 aromatic carbocycles. The van der Waals surface area contributed by atoms with Crippen molar-refractivity contribution in [1.29, 1.82) is 0 Å². The van der Waals surface area contributed by atoms with Crippen LogP contribution in [0.2, 0.25) is 0 Å². The number of aromatic nitrogens is 2. The number of benzene rings is 2. The van der Waals surface area contributed by atoms with E-state index in [9.17, 15) is 0 Å². The molecular weight excluding hydrogens is 316 g/mol. The Balaban J connectivity index is 1.76. The monoisotopic (exact) mass is 338 g/mol. The van der Waals surface area contributed by atoms with Gasteiger partial charge >= 0.3 is 0 Å². The summed E-state index contributed by atoms with van der Waals surface area (Å²) < 4.78 is 2.39. The third-order valence-electron chi connectivity index (χ3n) is 5.65. The van der Waals surface area contributed by atoms with Crippen molar-refractivity contribution in [3.8, 4) is 11.3 Å². The van der Waals surface area contributed by atoms with Crippen LogP contribution in [-0.2, 0) is 6.42 Å². The predicted octanol–water partition coefficient (Wildman–Crippen LogP) is 5.64. The molecule has 0 saturated heterocycles. The molecule has 5 rings (SSSR count). The summed E-state index contributed by atoms with van der Waals surface area (Å²) in [4.78, 5) is 4.82. The number of rotatable bonds is 2. The van der Waals surface area contributed by atoms with Crippen molar-refractivity contribution in [3.05, 3.63) is 95.5 Å². The van der Waals surface area contributed by atoms with Gasteiger partial charge in [-0.05, 0) is 36.8 Å². The van der Waals surface area contributed by atoms with Crippen molar-refractivity contribution in [2.75, 3.05) is 0 Å². The van der Waals surface area contributed by atoms with Gasteiger partial charge in [0.25, 0.3) is 0 Å². The van der Waals surface area contributed by atoms with E-state index in [4.69, 9.17) is 4.98 Å². The van der Waals surface area contributed by atoms with Crippen LogP contribution in [-0.4, -0.2) is 9.55 Å².